The van der Waals surface area contributed by atoms with Gasteiger partial charge in [0, 0.05) is 22.4 Å². The molecule has 2 aromatic heterocycles. The predicted octanol–water partition coefficient (Wildman–Crippen LogP) is 7.21. The number of para-hydroxylation sites is 1. The minimum Gasteiger partial charge on any atom is -0.455 e. The van der Waals surface area contributed by atoms with Crippen molar-refractivity contribution in [2.24, 2.45) is 7.05 Å². The Hall–Kier alpha value is -3.39. The Kier molecular flexibility index (Phi) is 3.74. The highest BCUT2D eigenvalue weighted by Crippen LogP contribution is 2.44. The molecule has 1 aliphatic carbocycles. The number of fused-ring (bicyclic) bond motifs is 3. The zero-order chi connectivity index (χ0) is 21.4. The van der Waals surface area contributed by atoms with E-state index in [1.54, 1.807) is 0 Å². The van der Waals surface area contributed by atoms with Gasteiger partial charge < -0.3 is 4.42 Å². The molecule has 5 aromatic rings. The number of benzene rings is 3. The summed E-state index contributed by atoms with van der Waals surface area (Å²) < 4.78 is 8.74. The van der Waals surface area contributed by atoms with Crippen LogP contribution in [-0.2, 0) is 7.05 Å². The third-order valence-electron chi connectivity index (χ3n) is 6.97. The van der Waals surface area contributed by atoms with Crippen LogP contribution in [0, 0.1) is 13.8 Å². The molecule has 0 radical (unpaired) electrons. The number of hydrogen-bond acceptors (Lipinski definition) is 1. The van der Waals surface area contributed by atoms with Crippen LogP contribution in [-0.4, -0.2) is 0 Å². The summed E-state index contributed by atoms with van der Waals surface area (Å²) in [5.41, 5.74) is 11.0. The summed E-state index contributed by atoms with van der Waals surface area (Å²) in [4.78, 5) is 0. The van der Waals surface area contributed by atoms with Crippen LogP contribution in [0.25, 0.3) is 44.4 Å². The largest absolute Gasteiger partial charge is 0.455 e. The number of aromatic nitrogens is 1. The molecule has 2 heterocycles. The van der Waals surface area contributed by atoms with Crippen LogP contribution in [0.2, 0.25) is 0 Å². The molecular weight excluding hydrogens is 378 g/mol. The number of pyridine rings is 1. The molecule has 0 amide bonds. The summed E-state index contributed by atoms with van der Waals surface area (Å²) in [7, 11) is 2.15. The van der Waals surface area contributed by atoms with Gasteiger partial charge >= 0.3 is 0 Å². The van der Waals surface area contributed by atoms with Gasteiger partial charge in [-0.2, -0.15) is 0 Å². The molecule has 2 nitrogen and oxygen atoms in total. The van der Waals surface area contributed by atoms with Crippen molar-refractivity contribution < 1.29 is 8.98 Å². The maximum Gasteiger partial charge on any atom is 0.221 e. The summed E-state index contributed by atoms with van der Waals surface area (Å²) >= 11 is 0. The number of furan rings is 1. The van der Waals surface area contributed by atoms with Crippen molar-refractivity contribution in [3.63, 3.8) is 0 Å². The van der Waals surface area contributed by atoms with Crippen LogP contribution in [0.1, 0.15) is 53.3 Å². The van der Waals surface area contributed by atoms with Gasteiger partial charge in [0.25, 0.3) is 0 Å². The van der Waals surface area contributed by atoms with Gasteiger partial charge in [0.1, 0.15) is 18.2 Å². The van der Waals surface area contributed by atoms with E-state index in [0.717, 1.165) is 11.2 Å². The number of aryl methyl sites for hydroxylation is 2. The monoisotopic (exact) mass is 404 g/mol. The molecule has 3 aromatic carbocycles. The maximum atomic E-state index is 6.48. The zero-order valence-corrected chi connectivity index (χ0v) is 18.7. The molecule has 0 fully saturated rings. The molecule has 1 aliphatic rings. The quantitative estimate of drug-likeness (QED) is 0.279. The van der Waals surface area contributed by atoms with Gasteiger partial charge in [0.15, 0.2) is 6.20 Å². The van der Waals surface area contributed by atoms with Gasteiger partial charge in [0.05, 0.1) is 11.0 Å². The minimum absolute atomic E-state index is 0.498. The van der Waals surface area contributed by atoms with Crippen LogP contribution in [0.15, 0.2) is 59.1 Å². The Bertz CT molecular complexity index is 1580. The van der Waals surface area contributed by atoms with Gasteiger partial charge in [-0.05, 0) is 65.6 Å². The molecule has 0 saturated heterocycles. The average Bonchev–Trinajstić information content (AvgIpc) is 3.31. The first-order valence-electron chi connectivity index (χ1n) is 11.0. The molecule has 2 heteroatoms. The minimum atomic E-state index is 0.498. The maximum absolute atomic E-state index is 6.48. The first-order chi connectivity index (χ1) is 14.9. The second-order valence-corrected chi connectivity index (χ2v) is 9.23. The van der Waals surface area contributed by atoms with Gasteiger partial charge in [0.2, 0.25) is 5.69 Å². The molecule has 0 aliphatic heterocycles. The molecule has 31 heavy (non-hydrogen) atoms. The van der Waals surface area contributed by atoms with Crippen LogP contribution in [0.5, 0.6) is 0 Å². The van der Waals surface area contributed by atoms with Crippen molar-refractivity contribution in [2.75, 3.05) is 0 Å². The highest BCUT2D eigenvalue weighted by atomic mass is 16.3. The molecule has 0 spiro atoms. The van der Waals surface area contributed by atoms with Crippen molar-refractivity contribution in [1.82, 2.24) is 0 Å². The lowest BCUT2D eigenvalue weighted by atomic mass is 9.92. The summed E-state index contributed by atoms with van der Waals surface area (Å²) in [5.74, 6) is 0.498. The van der Waals surface area contributed by atoms with E-state index in [-0.39, 0.29) is 0 Å². The second kappa shape index (κ2) is 6.31. The molecule has 0 unspecified atom stereocenters. The van der Waals surface area contributed by atoms with E-state index >= 15 is 0 Å². The standard InChI is InChI=1S/C29H26NO/c1-16(2)20-13-19-10-11-30(5)28-24(15-21(14-20)27(19)28)26-18(4)17(3)12-23-22-8-6-7-9-25(22)31-29(23)26/h6-16H,1-5H3/q+1. The summed E-state index contributed by atoms with van der Waals surface area (Å²) in [6.07, 6.45) is 4.56. The first kappa shape index (κ1) is 18.4. The Morgan fingerprint density at radius 1 is 0.935 bits per heavy atom. The van der Waals surface area contributed by atoms with Crippen molar-refractivity contribution in [3.8, 4) is 0 Å². The predicted molar refractivity (Wildman–Crippen MR) is 129 cm³/mol. The number of hydrogen-bond donors (Lipinski definition) is 0. The molecule has 0 bridgehead atoms. The molecular formula is C29H26NO+. The van der Waals surface area contributed by atoms with Gasteiger partial charge in [-0.3, -0.25) is 0 Å². The van der Waals surface area contributed by atoms with Crippen LogP contribution in [0.3, 0.4) is 0 Å². The zero-order valence-electron chi connectivity index (χ0n) is 18.7. The lowest BCUT2D eigenvalue weighted by Crippen LogP contribution is -2.32. The van der Waals surface area contributed by atoms with Crippen LogP contribution in [0.4, 0.5) is 0 Å². The Morgan fingerprint density at radius 3 is 2.55 bits per heavy atom. The van der Waals surface area contributed by atoms with Crippen molar-refractivity contribution >= 4 is 44.4 Å². The molecule has 0 saturated carbocycles. The van der Waals surface area contributed by atoms with Crippen LogP contribution >= 0.6 is 0 Å². The Labute approximate surface area is 182 Å². The number of rotatable bonds is 2. The molecule has 0 atom stereocenters. The van der Waals surface area contributed by atoms with E-state index in [9.17, 15) is 0 Å². The third-order valence-corrected chi connectivity index (χ3v) is 6.97. The SMILES string of the molecule is Cc1cc2c(oc3ccccc32)c(C2=Cc3cc(C(C)C)cc4cc[n+](C)c2c34)c1C. The summed E-state index contributed by atoms with van der Waals surface area (Å²) in [6, 6.07) is 17.6. The van der Waals surface area contributed by atoms with E-state index in [1.165, 1.54) is 60.6 Å². The van der Waals surface area contributed by atoms with Crippen LogP contribution < -0.4 is 4.57 Å². The highest BCUT2D eigenvalue weighted by molar-refractivity contribution is 6.17. The first-order valence-corrected chi connectivity index (χ1v) is 11.0. The van der Waals surface area contributed by atoms with Gasteiger partial charge in [-0.15, -0.1) is 0 Å². The fourth-order valence-corrected chi connectivity index (χ4v) is 5.16. The Balaban J connectivity index is 1.74. The fraction of sp³-hybridized carbons (Fsp3) is 0.207. The Morgan fingerprint density at radius 2 is 1.74 bits per heavy atom. The third kappa shape index (κ3) is 2.48. The summed E-state index contributed by atoms with van der Waals surface area (Å²) in [5, 5.41) is 5.03. The lowest BCUT2D eigenvalue weighted by Gasteiger charge is -2.11. The molecule has 6 rings (SSSR count). The smallest absolute Gasteiger partial charge is 0.221 e. The van der Waals surface area contributed by atoms with E-state index in [2.05, 4.69) is 94.0 Å². The van der Waals surface area contributed by atoms with Crippen molar-refractivity contribution in [3.05, 3.63) is 88.2 Å². The van der Waals surface area contributed by atoms with E-state index in [1.807, 2.05) is 6.07 Å². The van der Waals surface area contributed by atoms with E-state index in [4.69, 9.17) is 4.42 Å². The average molecular weight is 405 g/mol. The fourth-order valence-electron chi connectivity index (χ4n) is 5.16. The van der Waals surface area contributed by atoms with Crippen molar-refractivity contribution in [1.29, 1.82) is 0 Å². The van der Waals surface area contributed by atoms with E-state index < -0.39 is 0 Å². The molecule has 0 N–H and O–H groups in total. The normalized spacial score (nSPS) is 13.2. The van der Waals surface area contributed by atoms with Gasteiger partial charge in [-0.25, -0.2) is 4.57 Å². The lowest BCUT2D eigenvalue weighted by molar-refractivity contribution is -0.672. The van der Waals surface area contributed by atoms with E-state index in [0.29, 0.717) is 5.92 Å². The summed E-state index contributed by atoms with van der Waals surface area (Å²) in [6.45, 7) is 8.96. The second-order valence-electron chi connectivity index (χ2n) is 9.23. The highest BCUT2D eigenvalue weighted by Gasteiger charge is 2.30. The van der Waals surface area contributed by atoms with Crippen molar-refractivity contribution in [2.45, 2.75) is 33.6 Å². The molecule has 152 valence electrons. The van der Waals surface area contributed by atoms with Gasteiger partial charge in [-0.1, -0.05) is 44.2 Å². The number of nitrogens with zero attached hydrogens (tertiary/aromatic N) is 1. The topological polar surface area (TPSA) is 17.0 Å².